The van der Waals surface area contributed by atoms with Gasteiger partial charge in [-0.2, -0.15) is 0 Å². The van der Waals surface area contributed by atoms with Gasteiger partial charge in [0.1, 0.15) is 15.7 Å². The van der Waals surface area contributed by atoms with Crippen LogP contribution in [-0.4, -0.2) is 65.8 Å². The van der Waals surface area contributed by atoms with E-state index < -0.39 is 21.6 Å². The van der Waals surface area contributed by atoms with E-state index in [2.05, 4.69) is 4.98 Å². The Balaban J connectivity index is 2.56. The summed E-state index contributed by atoms with van der Waals surface area (Å²) in [4.78, 5) is 15.1. The Bertz CT molecular complexity index is 894. The lowest BCUT2D eigenvalue weighted by atomic mass is 9.25. The number of primary amides is 1. The summed E-state index contributed by atoms with van der Waals surface area (Å²) in [5, 5.41) is -4.73. The van der Waals surface area contributed by atoms with Crippen molar-refractivity contribution in [3.05, 3.63) is 22.3 Å². The van der Waals surface area contributed by atoms with Gasteiger partial charge in [-0.1, -0.05) is 39.4 Å². The second-order valence-electron chi connectivity index (χ2n) is 6.42. The molecule has 0 saturated heterocycles. The van der Waals surface area contributed by atoms with Crippen LogP contribution in [0.15, 0.2) is 6.07 Å². The summed E-state index contributed by atoms with van der Waals surface area (Å²) < 4.78 is 0. The number of aromatic nitrogens is 1. The van der Waals surface area contributed by atoms with Crippen LogP contribution in [0.2, 0.25) is 10.2 Å². The lowest BCUT2D eigenvalue weighted by Gasteiger charge is -2.53. The number of rotatable bonds is 1. The maximum Gasteiger partial charge on any atom is 0.219 e. The SMILES string of the molecule is [B]c1cc(Cl)c([B])c2c3c([nH]c12)C([B])(C(N)=O)C([B])([B])CC3([B])[B]. The number of nitrogens with two attached hydrogens (primary N) is 1. The lowest BCUT2D eigenvalue weighted by molar-refractivity contribution is -0.121. The van der Waals surface area contributed by atoms with Crippen molar-refractivity contribution in [1.29, 1.82) is 0 Å². The molecule has 11 heteroatoms. The van der Waals surface area contributed by atoms with Crippen LogP contribution >= 0.6 is 11.6 Å². The van der Waals surface area contributed by atoms with Crippen molar-refractivity contribution in [1.82, 2.24) is 4.98 Å². The minimum atomic E-state index is -1.96. The minimum Gasteiger partial charge on any atom is -0.370 e. The highest BCUT2D eigenvalue weighted by Crippen LogP contribution is 2.55. The molecule has 102 valence electrons. The normalized spacial score (nSPS) is 24.5. The molecule has 0 aliphatic heterocycles. The average molecular weight is 317 g/mol. The van der Waals surface area contributed by atoms with E-state index in [1.807, 2.05) is 0 Å². The van der Waals surface area contributed by atoms with E-state index >= 15 is 0 Å². The predicted octanol–water partition coefficient (Wildman–Crippen LogP) is -2.40. The molecule has 0 fully saturated rings. The Kier molecular flexibility index (Phi) is 3.70. The van der Waals surface area contributed by atoms with Gasteiger partial charge in [-0.3, -0.25) is 4.79 Å². The Labute approximate surface area is 154 Å². The van der Waals surface area contributed by atoms with Gasteiger partial charge >= 0.3 is 0 Å². The molecule has 3 rings (SSSR count). The van der Waals surface area contributed by atoms with E-state index in [0.717, 1.165) is 0 Å². The van der Waals surface area contributed by atoms with Crippen molar-refractivity contribution < 1.29 is 4.79 Å². The van der Waals surface area contributed by atoms with Gasteiger partial charge in [0, 0.05) is 21.5 Å². The predicted molar refractivity (Wildman–Crippen MR) is 103 cm³/mol. The summed E-state index contributed by atoms with van der Waals surface area (Å²) in [6.07, 6.45) is -0.231. The van der Waals surface area contributed by atoms with E-state index in [9.17, 15) is 4.79 Å². The van der Waals surface area contributed by atoms with Crippen molar-refractivity contribution in [3.63, 3.8) is 0 Å². The van der Waals surface area contributed by atoms with Crippen LogP contribution in [0.25, 0.3) is 10.9 Å². The molecule has 1 aromatic heterocycles. The second kappa shape index (κ2) is 5.00. The molecule has 14 radical (unpaired) electrons. The summed E-state index contributed by atoms with van der Waals surface area (Å²) in [5.41, 5.74) is 6.65. The molecule has 1 heterocycles. The molecule has 2 aromatic rings. The van der Waals surface area contributed by atoms with Crippen molar-refractivity contribution in [2.24, 2.45) is 5.73 Å². The number of hydrogen-bond acceptors (Lipinski definition) is 1. The molecule has 0 spiro atoms. The van der Waals surface area contributed by atoms with Gasteiger partial charge in [-0.15, -0.1) is 0 Å². The lowest BCUT2D eigenvalue weighted by Crippen LogP contribution is -2.58. The standard InChI is InChI=1S/C13H6B7ClN2O/c14-3-1-4(21)7(15)5-6-9(23-8(3)5)13(20,10(22)24)12(18,19)2-11(6,16)17/h1,23H,2H2,(H2,22,24). The topological polar surface area (TPSA) is 58.9 Å². The summed E-state index contributed by atoms with van der Waals surface area (Å²) >= 11 is 6.10. The third-order valence-corrected chi connectivity index (χ3v) is 4.98. The van der Waals surface area contributed by atoms with Gasteiger partial charge in [0.2, 0.25) is 5.91 Å². The third-order valence-electron chi connectivity index (χ3n) is 4.67. The number of aromatic amines is 1. The Morgan fingerprint density at radius 1 is 1.21 bits per heavy atom. The molecule has 24 heavy (non-hydrogen) atoms. The van der Waals surface area contributed by atoms with Gasteiger partial charge in [0.05, 0.1) is 39.2 Å². The number of halogens is 1. The van der Waals surface area contributed by atoms with Crippen LogP contribution in [0.1, 0.15) is 17.7 Å². The first-order chi connectivity index (χ1) is 10.8. The van der Waals surface area contributed by atoms with Gasteiger partial charge < -0.3 is 10.7 Å². The number of hydrogen-bond donors (Lipinski definition) is 2. The maximum absolute atomic E-state index is 12.1. The molecule has 1 aliphatic carbocycles. The molecule has 1 aromatic carbocycles. The summed E-state index contributed by atoms with van der Waals surface area (Å²) in [5.74, 6) is -0.945. The van der Waals surface area contributed by atoms with Gasteiger partial charge in [-0.25, -0.2) is 0 Å². The van der Waals surface area contributed by atoms with Crippen LogP contribution in [0, 0.1) is 0 Å². The van der Waals surface area contributed by atoms with Crippen LogP contribution in [-0.2, 0) is 15.3 Å². The van der Waals surface area contributed by atoms with Crippen LogP contribution in [0.3, 0.4) is 0 Å². The van der Waals surface area contributed by atoms with Crippen LogP contribution in [0.4, 0.5) is 0 Å². The largest absolute Gasteiger partial charge is 0.370 e. The Hall–Kier alpha value is -1.03. The van der Waals surface area contributed by atoms with Gasteiger partial charge in [0.15, 0.2) is 0 Å². The minimum absolute atomic E-state index is 0.0758. The van der Waals surface area contributed by atoms with Crippen molar-refractivity contribution >= 4 is 94.3 Å². The second-order valence-corrected chi connectivity index (χ2v) is 6.82. The molecule has 1 amide bonds. The fourth-order valence-corrected chi connectivity index (χ4v) is 3.66. The average Bonchev–Trinajstić information content (AvgIpc) is 2.83. The number of H-pyrrole nitrogens is 1. The quantitative estimate of drug-likeness (QED) is 0.566. The molecule has 3 nitrogen and oxygen atoms in total. The molecule has 0 saturated carbocycles. The van der Waals surface area contributed by atoms with Crippen LogP contribution in [0.5, 0.6) is 0 Å². The molecular weight excluding hydrogens is 311 g/mol. The van der Waals surface area contributed by atoms with E-state index in [1.165, 1.54) is 6.07 Å². The first-order valence-corrected chi connectivity index (χ1v) is 7.36. The fourth-order valence-electron chi connectivity index (χ4n) is 3.45. The fraction of sp³-hybridized carbons (Fsp3) is 0.308. The van der Waals surface area contributed by atoms with Gasteiger partial charge in [0.25, 0.3) is 0 Å². The monoisotopic (exact) mass is 318 g/mol. The summed E-state index contributed by atoms with van der Waals surface area (Å²) in [6.45, 7) is 0. The maximum atomic E-state index is 12.1. The highest BCUT2D eigenvalue weighted by atomic mass is 35.5. The molecule has 1 atom stereocenters. The molecule has 1 aliphatic rings. The van der Waals surface area contributed by atoms with Crippen molar-refractivity contribution in [2.45, 2.75) is 22.2 Å². The zero-order valence-corrected chi connectivity index (χ0v) is 13.4. The number of amides is 1. The Morgan fingerprint density at radius 2 is 1.79 bits per heavy atom. The first-order valence-electron chi connectivity index (χ1n) is 6.99. The zero-order chi connectivity index (χ0) is 18.2. The number of fused-ring (bicyclic) bond motifs is 3. The summed E-state index contributed by atoms with van der Waals surface area (Å²) in [6, 6.07) is 1.45. The van der Waals surface area contributed by atoms with E-state index in [1.54, 1.807) is 0 Å². The first kappa shape index (κ1) is 17.8. The highest BCUT2D eigenvalue weighted by molar-refractivity contribution is 6.56. The highest BCUT2D eigenvalue weighted by Gasteiger charge is 2.54. The molecular formula is C13H6B7ClN2O. The number of carbonyl (C=O) groups is 1. The molecule has 0 bridgehead atoms. The smallest absolute Gasteiger partial charge is 0.219 e. The van der Waals surface area contributed by atoms with E-state index in [-0.39, 0.29) is 33.6 Å². The molecule has 3 N–H and O–H groups in total. The van der Waals surface area contributed by atoms with Crippen molar-refractivity contribution in [2.75, 3.05) is 0 Å². The number of nitrogens with one attached hydrogen (secondary N) is 1. The number of carbonyl (C=O) groups excluding carboxylic acids is 1. The van der Waals surface area contributed by atoms with Crippen LogP contribution < -0.4 is 16.7 Å². The van der Waals surface area contributed by atoms with Gasteiger partial charge in [-0.05, 0) is 17.0 Å². The Morgan fingerprint density at radius 3 is 2.33 bits per heavy atom. The van der Waals surface area contributed by atoms with E-state index in [4.69, 9.17) is 72.3 Å². The van der Waals surface area contributed by atoms with Crippen molar-refractivity contribution in [3.8, 4) is 0 Å². The number of benzene rings is 1. The zero-order valence-electron chi connectivity index (χ0n) is 12.7. The summed E-state index contributed by atoms with van der Waals surface area (Å²) in [7, 11) is 42.8. The third kappa shape index (κ3) is 2.04. The molecule has 1 unspecified atom stereocenters. The van der Waals surface area contributed by atoms with E-state index in [0.29, 0.717) is 10.9 Å².